The summed E-state index contributed by atoms with van der Waals surface area (Å²) in [5.74, 6) is -0.0460. The van der Waals surface area contributed by atoms with Crippen LogP contribution in [0.5, 0.6) is 0 Å². The fourth-order valence-electron chi connectivity index (χ4n) is 1.54. The summed E-state index contributed by atoms with van der Waals surface area (Å²) in [6.07, 6.45) is 1.67. The molecule has 0 radical (unpaired) electrons. The number of hydrogen-bond acceptors (Lipinski definition) is 5. The molecule has 17 heavy (non-hydrogen) atoms. The number of likely N-dealkylation sites (N-methyl/N-ethyl adjacent to an activating group) is 1. The minimum absolute atomic E-state index is 0.0240. The van der Waals surface area contributed by atoms with Crippen LogP contribution in [0.4, 0.5) is 5.13 Å². The molecule has 0 saturated carbocycles. The van der Waals surface area contributed by atoms with E-state index in [1.165, 1.54) is 11.3 Å². The number of carbonyl (C=O) groups excluding carboxylic acids is 1. The van der Waals surface area contributed by atoms with Crippen LogP contribution in [-0.2, 0) is 4.79 Å². The Bertz CT molecular complexity index is 350. The maximum Gasteiger partial charge on any atom is 0.240 e. The maximum absolute atomic E-state index is 11.7. The summed E-state index contributed by atoms with van der Waals surface area (Å²) in [5.41, 5.74) is 5.68. The third-order valence-electron chi connectivity index (χ3n) is 2.34. The SMILES string of the molecule is CN(CC(=O)Nc1nccs1)CC(C)(C)CN. The van der Waals surface area contributed by atoms with Crippen molar-refractivity contribution in [3.63, 3.8) is 0 Å². The molecule has 1 aromatic rings. The first-order valence-electron chi connectivity index (χ1n) is 5.51. The Kier molecular flexibility index (Phi) is 5.04. The molecule has 1 heterocycles. The van der Waals surface area contributed by atoms with Crippen molar-refractivity contribution in [1.82, 2.24) is 9.88 Å². The third-order valence-corrected chi connectivity index (χ3v) is 3.03. The number of anilines is 1. The smallest absolute Gasteiger partial charge is 0.240 e. The fraction of sp³-hybridized carbons (Fsp3) is 0.636. The van der Waals surface area contributed by atoms with E-state index in [0.29, 0.717) is 18.2 Å². The normalized spacial score (nSPS) is 11.8. The van der Waals surface area contributed by atoms with Crippen LogP contribution in [0.1, 0.15) is 13.8 Å². The monoisotopic (exact) mass is 256 g/mol. The van der Waals surface area contributed by atoms with E-state index in [1.807, 2.05) is 17.3 Å². The summed E-state index contributed by atoms with van der Waals surface area (Å²) in [6.45, 7) is 5.91. The molecule has 1 amide bonds. The lowest BCUT2D eigenvalue weighted by molar-refractivity contribution is -0.117. The molecule has 0 atom stereocenters. The van der Waals surface area contributed by atoms with Crippen molar-refractivity contribution < 1.29 is 4.79 Å². The number of amides is 1. The summed E-state index contributed by atoms with van der Waals surface area (Å²) >= 11 is 1.41. The van der Waals surface area contributed by atoms with Crippen LogP contribution >= 0.6 is 11.3 Å². The minimum Gasteiger partial charge on any atom is -0.330 e. The molecule has 3 N–H and O–H groups in total. The molecule has 5 nitrogen and oxygen atoms in total. The summed E-state index contributed by atoms with van der Waals surface area (Å²) < 4.78 is 0. The highest BCUT2D eigenvalue weighted by Crippen LogP contribution is 2.14. The zero-order chi connectivity index (χ0) is 12.9. The number of aromatic nitrogens is 1. The molecule has 96 valence electrons. The van der Waals surface area contributed by atoms with Crippen LogP contribution in [0.25, 0.3) is 0 Å². The van der Waals surface area contributed by atoms with Gasteiger partial charge in [-0.2, -0.15) is 0 Å². The van der Waals surface area contributed by atoms with E-state index in [2.05, 4.69) is 24.1 Å². The van der Waals surface area contributed by atoms with Crippen molar-refractivity contribution in [2.45, 2.75) is 13.8 Å². The lowest BCUT2D eigenvalue weighted by Gasteiger charge is -2.28. The van der Waals surface area contributed by atoms with Crippen LogP contribution in [0.15, 0.2) is 11.6 Å². The second-order valence-electron chi connectivity index (χ2n) is 4.93. The first kappa shape index (κ1) is 14.1. The number of thiazole rings is 1. The van der Waals surface area contributed by atoms with E-state index in [-0.39, 0.29) is 11.3 Å². The molecule has 0 saturated heterocycles. The predicted molar refractivity (Wildman–Crippen MR) is 71.1 cm³/mol. The summed E-state index contributed by atoms with van der Waals surface area (Å²) in [4.78, 5) is 17.6. The van der Waals surface area contributed by atoms with Gasteiger partial charge in [-0.3, -0.25) is 9.69 Å². The van der Waals surface area contributed by atoms with E-state index in [4.69, 9.17) is 5.73 Å². The van der Waals surface area contributed by atoms with Crippen LogP contribution in [0.2, 0.25) is 0 Å². The topological polar surface area (TPSA) is 71.2 Å². The molecular weight excluding hydrogens is 236 g/mol. The van der Waals surface area contributed by atoms with Crippen LogP contribution in [-0.4, -0.2) is 42.5 Å². The second kappa shape index (κ2) is 6.09. The minimum atomic E-state index is -0.0460. The van der Waals surface area contributed by atoms with Gasteiger partial charge in [-0.15, -0.1) is 11.3 Å². The van der Waals surface area contributed by atoms with Crippen molar-refractivity contribution >= 4 is 22.4 Å². The van der Waals surface area contributed by atoms with Gasteiger partial charge in [-0.05, 0) is 19.0 Å². The first-order chi connectivity index (χ1) is 7.93. The van der Waals surface area contributed by atoms with Gasteiger partial charge in [0.15, 0.2) is 5.13 Å². The van der Waals surface area contributed by atoms with Gasteiger partial charge in [-0.25, -0.2) is 4.98 Å². The molecular formula is C11H20N4OS. The maximum atomic E-state index is 11.7. The summed E-state index contributed by atoms with van der Waals surface area (Å²) in [5, 5.41) is 5.22. The van der Waals surface area contributed by atoms with Crippen LogP contribution in [0, 0.1) is 5.41 Å². The summed E-state index contributed by atoms with van der Waals surface area (Å²) in [7, 11) is 1.92. The first-order valence-corrected chi connectivity index (χ1v) is 6.39. The predicted octanol–water partition coefficient (Wildman–Crippen LogP) is 0.998. The van der Waals surface area contributed by atoms with Gasteiger partial charge in [0.05, 0.1) is 6.54 Å². The Hall–Kier alpha value is -0.980. The lowest BCUT2D eigenvalue weighted by Crippen LogP contribution is -2.40. The van der Waals surface area contributed by atoms with Gasteiger partial charge in [0, 0.05) is 18.1 Å². The molecule has 6 heteroatoms. The molecule has 1 aromatic heterocycles. The number of carbonyl (C=O) groups is 1. The van der Waals surface area contributed by atoms with E-state index in [9.17, 15) is 4.79 Å². The number of hydrogen-bond donors (Lipinski definition) is 2. The van der Waals surface area contributed by atoms with Gasteiger partial charge < -0.3 is 11.1 Å². The number of nitrogens with two attached hydrogens (primary N) is 1. The highest BCUT2D eigenvalue weighted by Gasteiger charge is 2.19. The second-order valence-corrected chi connectivity index (χ2v) is 5.82. The third kappa shape index (κ3) is 5.25. The van der Waals surface area contributed by atoms with E-state index >= 15 is 0 Å². The Balaban J connectivity index is 2.36. The Morgan fingerprint density at radius 2 is 2.35 bits per heavy atom. The molecule has 0 unspecified atom stereocenters. The standard InChI is InChI=1S/C11H20N4OS/c1-11(2,7-12)8-15(3)6-9(16)14-10-13-4-5-17-10/h4-5H,6-8,12H2,1-3H3,(H,13,14,16). The van der Waals surface area contributed by atoms with E-state index in [0.717, 1.165) is 6.54 Å². The average Bonchev–Trinajstić information content (AvgIpc) is 2.69. The van der Waals surface area contributed by atoms with Crippen LogP contribution in [0.3, 0.4) is 0 Å². The van der Waals surface area contributed by atoms with Gasteiger partial charge in [0.1, 0.15) is 0 Å². The number of nitrogens with zero attached hydrogens (tertiary/aromatic N) is 2. The van der Waals surface area contributed by atoms with Crippen molar-refractivity contribution in [3.8, 4) is 0 Å². The van der Waals surface area contributed by atoms with Crippen molar-refractivity contribution in [2.24, 2.45) is 11.1 Å². The van der Waals surface area contributed by atoms with Crippen molar-refractivity contribution in [2.75, 3.05) is 32.0 Å². The lowest BCUT2D eigenvalue weighted by atomic mass is 9.93. The average molecular weight is 256 g/mol. The highest BCUT2D eigenvalue weighted by atomic mass is 32.1. The number of rotatable bonds is 6. The molecule has 0 aliphatic carbocycles. The summed E-state index contributed by atoms with van der Waals surface area (Å²) in [6, 6.07) is 0. The van der Waals surface area contributed by atoms with Gasteiger partial charge in [0.25, 0.3) is 0 Å². The molecule has 0 aromatic carbocycles. The van der Waals surface area contributed by atoms with Crippen molar-refractivity contribution in [1.29, 1.82) is 0 Å². The zero-order valence-corrected chi connectivity index (χ0v) is 11.4. The number of nitrogens with one attached hydrogen (secondary N) is 1. The van der Waals surface area contributed by atoms with Crippen LogP contribution < -0.4 is 11.1 Å². The fourth-order valence-corrected chi connectivity index (χ4v) is 2.09. The molecule has 0 aliphatic heterocycles. The highest BCUT2D eigenvalue weighted by molar-refractivity contribution is 7.13. The van der Waals surface area contributed by atoms with Gasteiger partial charge in [-0.1, -0.05) is 13.8 Å². The Morgan fingerprint density at radius 1 is 1.65 bits per heavy atom. The Morgan fingerprint density at radius 3 is 2.88 bits per heavy atom. The zero-order valence-electron chi connectivity index (χ0n) is 10.6. The molecule has 0 spiro atoms. The molecule has 0 aliphatic rings. The van der Waals surface area contributed by atoms with Gasteiger partial charge in [0.2, 0.25) is 5.91 Å². The molecule has 1 rings (SSSR count). The van der Waals surface area contributed by atoms with Gasteiger partial charge >= 0.3 is 0 Å². The van der Waals surface area contributed by atoms with E-state index < -0.39 is 0 Å². The molecule has 0 fully saturated rings. The molecule has 0 bridgehead atoms. The quantitative estimate of drug-likeness (QED) is 0.796. The Labute approximate surface area is 106 Å². The van der Waals surface area contributed by atoms with E-state index in [1.54, 1.807) is 6.20 Å². The largest absolute Gasteiger partial charge is 0.330 e. The van der Waals surface area contributed by atoms with Crippen molar-refractivity contribution in [3.05, 3.63) is 11.6 Å².